The molecule has 1 aliphatic heterocycles. The zero-order valence-corrected chi connectivity index (χ0v) is 11.3. The highest BCUT2D eigenvalue weighted by Crippen LogP contribution is 2.15. The fraction of sp³-hybridized carbons (Fsp3) is 0.643. The molecule has 1 aliphatic rings. The second-order valence-corrected chi connectivity index (χ2v) is 4.89. The lowest BCUT2D eigenvalue weighted by Crippen LogP contribution is -2.38. The van der Waals surface area contributed by atoms with Crippen molar-refractivity contribution < 1.29 is 9.47 Å². The van der Waals surface area contributed by atoms with Crippen molar-refractivity contribution in [1.82, 2.24) is 9.88 Å². The van der Waals surface area contributed by atoms with Gasteiger partial charge in [-0.3, -0.25) is 4.90 Å². The van der Waals surface area contributed by atoms with Gasteiger partial charge in [-0.2, -0.15) is 0 Å². The SMILES string of the molecule is CC(C)c1ccc(OCCN2CCOCC2)nc1. The minimum atomic E-state index is 0.514. The van der Waals surface area contributed by atoms with Gasteiger partial charge >= 0.3 is 0 Å². The molecule has 1 fully saturated rings. The summed E-state index contributed by atoms with van der Waals surface area (Å²) in [5, 5.41) is 0. The van der Waals surface area contributed by atoms with Crippen LogP contribution in [0.15, 0.2) is 18.3 Å². The lowest BCUT2D eigenvalue weighted by atomic mass is 10.1. The Hall–Kier alpha value is -1.13. The van der Waals surface area contributed by atoms with Crippen molar-refractivity contribution in [1.29, 1.82) is 0 Å². The molecule has 0 saturated carbocycles. The van der Waals surface area contributed by atoms with E-state index in [9.17, 15) is 0 Å². The highest BCUT2D eigenvalue weighted by atomic mass is 16.5. The number of rotatable bonds is 5. The highest BCUT2D eigenvalue weighted by Gasteiger charge is 2.09. The van der Waals surface area contributed by atoms with E-state index in [1.165, 1.54) is 5.56 Å². The maximum absolute atomic E-state index is 5.65. The Balaban J connectivity index is 1.72. The van der Waals surface area contributed by atoms with Gasteiger partial charge in [-0.05, 0) is 11.5 Å². The Morgan fingerprint density at radius 3 is 2.72 bits per heavy atom. The molecule has 1 saturated heterocycles. The van der Waals surface area contributed by atoms with E-state index >= 15 is 0 Å². The first kappa shape index (κ1) is 13.3. The van der Waals surface area contributed by atoms with Gasteiger partial charge < -0.3 is 9.47 Å². The number of ether oxygens (including phenoxy) is 2. The van der Waals surface area contributed by atoms with Crippen molar-refractivity contribution >= 4 is 0 Å². The van der Waals surface area contributed by atoms with Crippen LogP contribution in [0.4, 0.5) is 0 Å². The van der Waals surface area contributed by atoms with Crippen molar-refractivity contribution in [2.45, 2.75) is 19.8 Å². The smallest absolute Gasteiger partial charge is 0.213 e. The topological polar surface area (TPSA) is 34.6 Å². The summed E-state index contributed by atoms with van der Waals surface area (Å²) in [7, 11) is 0. The molecule has 1 aromatic rings. The predicted octanol–water partition coefficient (Wildman–Crippen LogP) is 1.92. The number of aromatic nitrogens is 1. The number of hydrogen-bond donors (Lipinski definition) is 0. The van der Waals surface area contributed by atoms with Crippen LogP contribution in [0.1, 0.15) is 25.3 Å². The Bertz CT molecular complexity index is 345. The molecule has 0 atom stereocenters. The first-order valence-corrected chi connectivity index (χ1v) is 6.64. The zero-order chi connectivity index (χ0) is 12.8. The van der Waals surface area contributed by atoms with Gasteiger partial charge in [0.15, 0.2) is 0 Å². The molecule has 4 heteroatoms. The predicted molar refractivity (Wildman–Crippen MR) is 71.1 cm³/mol. The molecule has 100 valence electrons. The maximum atomic E-state index is 5.65. The molecule has 2 rings (SSSR count). The van der Waals surface area contributed by atoms with Crippen LogP contribution in [0.25, 0.3) is 0 Å². The van der Waals surface area contributed by atoms with Gasteiger partial charge in [0, 0.05) is 31.9 Å². The average molecular weight is 250 g/mol. The number of nitrogens with zero attached hydrogens (tertiary/aromatic N) is 2. The van der Waals surface area contributed by atoms with Crippen molar-refractivity contribution in [2.75, 3.05) is 39.5 Å². The van der Waals surface area contributed by atoms with Crippen LogP contribution in [0, 0.1) is 0 Å². The summed E-state index contributed by atoms with van der Waals surface area (Å²) in [4.78, 5) is 6.67. The quantitative estimate of drug-likeness (QED) is 0.799. The summed E-state index contributed by atoms with van der Waals surface area (Å²) in [5.41, 5.74) is 1.25. The Labute approximate surface area is 109 Å². The van der Waals surface area contributed by atoms with Crippen molar-refractivity contribution in [3.8, 4) is 5.88 Å². The summed E-state index contributed by atoms with van der Waals surface area (Å²) in [6, 6.07) is 4.04. The maximum Gasteiger partial charge on any atom is 0.213 e. The number of hydrogen-bond acceptors (Lipinski definition) is 4. The van der Waals surface area contributed by atoms with Crippen molar-refractivity contribution in [3.63, 3.8) is 0 Å². The normalized spacial score (nSPS) is 17.1. The van der Waals surface area contributed by atoms with Gasteiger partial charge in [0.05, 0.1) is 13.2 Å². The molecular formula is C14H22N2O2. The number of morpholine rings is 1. The largest absolute Gasteiger partial charge is 0.476 e. The molecule has 2 heterocycles. The third-order valence-corrected chi connectivity index (χ3v) is 3.19. The monoisotopic (exact) mass is 250 g/mol. The van der Waals surface area contributed by atoms with E-state index in [4.69, 9.17) is 9.47 Å². The van der Waals surface area contributed by atoms with Gasteiger partial charge in [0.2, 0.25) is 5.88 Å². The van der Waals surface area contributed by atoms with E-state index in [2.05, 4.69) is 29.8 Å². The fourth-order valence-electron chi connectivity index (χ4n) is 1.92. The molecule has 0 amide bonds. The first-order chi connectivity index (χ1) is 8.75. The van der Waals surface area contributed by atoms with Gasteiger partial charge in [-0.15, -0.1) is 0 Å². The van der Waals surface area contributed by atoms with Crippen LogP contribution in [-0.4, -0.2) is 49.3 Å². The van der Waals surface area contributed by atoms with E-state index in [1.54, 1.807) is 0 Å². The van der Waals surface area contributed by atoms with Crippen LogP contribution >= 0.6 is 0 Å². The molecule has 0 radical (unpaired) electrons. The molecule has 0 unspecified atom stereocenters. The Kier molecular flexibility index (Phi) is 4.96. The lowest BCUT2D eigenvalue weighted by molar-refractivity contribution is 0.0320. The summed E-state index contributed by atoms with van der Waals surface area (Å²) in [5.74, 6) is 1.23. The highest BCUT2D eigenvalue weighted by molar-refractivity contribution is 5.20. The van der Waals surface area contributed by atoms with Crippen LogP contribution < -0.4 is 4.74 Å². The molecule has 0 bridgehead atoms. The number of pyridine rings is 1. The molecule has 18 heavy (non-hydrogen) atoms. The van der Waals surface area contributed by atoms with E-state index < -0.39 is 0 Å². The van der Waals surface area contributed by atoms with Gasteiger partial charge in [-0.1, -0.05) is 19.9 Å². The molecule has 0 N–H and O–H groups in total. The van der Waals surface area contributed by atoms with Gasteiger partial charge in [0.1, 0.15) is 6.61 Å². The molecule has 1 aromatic heterocycles. The minimum Gasteiger partial charge on any atom is -0.476 e. The summed E-state index contributed by atoms with van der Waals surface area (Å²) >= 11 is 0. The molecule has 0 aromatic carbocycles. The second kappa shape index (κ2) is 6.71. The van der Waals surface area contributed by atoms with E-state index in [-0.39, 0.29) is 0 Å². The molecule has 0 spiro atoms. The standard InChI is InChI=1S/C14H22N2O2/c1-12(2)13-3-4-14(15-11-13)18-10-7-16-5-8-17-9-6-16/h3-4,11-12H,5-10H2,1-2H3. The van der Waals surface area contributed by atoms with E-state index in [0.29, 0.717) is 18.4 Å². The Morgan fingerprint density at radius 2 is 2.11 bits per heavy atom. The van der Waals surface area contributed by atoms with Crippen LogP contribution in [0.5, 0.6) is 5.88 Å². The summed E-state index contributed by atoms with van der Waals surface area (Å²) in [6.07, 6.45) is 1.90. The van der Waals surface area contributed by atoms with E-state index in [1.807, 2.05) is 12.3 Å². The van der Waals surface area contributed by atoms with Crippen molar-refractivity contribution in [3.05, 3.63) is 23.9 Å². The lowest BCUT2D eigenvalue weighted by Gasteiger charge is -2.26. The zero-order valence-electron chi connectivity index (χ0n) is 11.3. The van der Waals surface area contributed by atoms with Gasteiger partial charge in [0.25, 0.3) is 0 Å². The van der Waals surface area contributed by atoms with Gasteiger partial charge in [-0.25, -0.2) is 4.98 Å². The molecule has 4 nitrogen and oxygen atoms in total. The summed E-state index contributed by atoms with van der Waals surface area (Å²) < 4.78 is 11.0. The third kappa shape index (κ3) is 3.96. The Morgan fingerprint density at radius 1 is 1.33 bits per heavy atom. The fourth-order valence-corrected chi connectivity index (χ4v) is 1.92. The van der Waals surface area contributed by atoms with Crippen LogP contribution in [0.3, 0.4) is 0 Å². The van der Waals surface area contributed by atoms with Crippen LogP contribution in [0.2, 0.25) is 0 Å². The average Bonchev–Trinajstić information content (AvgIpc) is 2.40. The van der Waals surface area contributed by atoms with E-state index in [0.717, 1.165) is 32.8 Å². The second-order valence-electron chi connectivity index (χ2n) is 4.89. The summed E-state index contributed by atoms with van der Waals surface area (Å²) in [6.45, 7) is 9.63. The van der Waals surface area contributed by atoms with Crippen molar-refractivity contribution in [2.24, 2.45) is 0 Å². The first-order valence-electron chi connectivity index (χ1n) is 6.64. The third-order valence-electron chi connectivity index (χ3n) is 3.19. The van der Waals surface area contributed by atoms with Crippen LogP contribution in [-0.2, 0) is 4.74 Å². The molecular weight excluding hydrogens is 228 g/mol. The minimum absolute atomic E-state index is 0.514. The molecule has 0 aliphatic carbocycles.